The van der Waals surface area contributed by atoms with Crippen molar-refractivity contribution in [3.05, 3.63) is 0 Å². The molecule has 1 heterocycles. The maximum atomic E-state index is 10.5. The average molecular weight is 325 g/mol. The Morgan fingerprint density at radius 1 is 1.56 bits per heavy atom. The van der Waals surface area contributed by atoms with E-state index in [1.54, 1.807) is 0 Å². The summed E-state index contributed by atoms with van der Waals surface area (Å²) < 4.78 is 8.29. The van der Waals surface area contributed by atoms with Crippen molar-refractivity contribution >= 4 is 53.8 Å². The quantitative estimate of drug-likeness (QED) is 0.502. The van der Waals surface area contributed by atoms with E-state index < -0.39 is 14.6 Å². The molecule has 3 nitrogen and oxygen atoms in total. The van der Waals surface area contributed by atoms with Crippen LogP contribution in [0.25, 0.3) is 0 Å². The standard InChI is InChI=1S/C3HBr3O3/c4-1-2(7)9-3(5,6)8-1/h1H. The van der Waals surface area contributed by atoms with Crippen molar-refractivity contribution in [3.8, 4) is 0 Å². The molecule has 1 atom stereocenters. The van der Waals surface area contributed by atoms with E-state index in [9.17, 15) is 4.79 Å². The van der Waals surface area contributed by atoms with Crippen LogP contribution < -0.4 is 0 Å². The van der Waals surface area contributed by atoms with Crippen LogP contribution in [-0.2, 0) is 14.3 Å². The fraction of sp³-hybridized carbons (Fsp3) is 0.667. The van der Waals surface area contributed by atoms with Crippen molar-refractivity contribution in [3.63, 3.8) is 0 Å². The van der Waals surface area contributed by atoms with Gasteiger partial charge in [0.15, 0.2) is 0 Å². The first-order chi connectivity index (χ1) is 4.01. The van der Waals surface area contributed by atoms with E-state index in [4.69, 9.17) is 4.74 Å². The van der Waals surface area contributed by atoms with Crippen molar-refractivity contribution in [2.45, 2.75) is 8.62 Å². The van der Waals surface area contributed by atoms with Crippen LogP contribution in [0.5, 0.6) is 0 Å². The molecule has 1 unspecified atom stereocenters. The van der Waals surface area contributed by atoms with Crippen LogP contribution in [-0.4, -0.2) is 14.6 Å². The third-order valence-corrected chi connectivity index (χ3v) is 1.90. The number of carbonyl (C=O) groups excluding carboxylic acids is 1. The molecule has 0 spiro atoms. The SMILES string of the molecule is O=C1OC(Br)(Br)OC1Br. The summed E-state index contributed by atoms with van der Waals surface area (Å²) in [5.41, 5.74) is 0. The van der Waals surface area contributed by atoms with Gasteiger partial charge in [0.2, 0.25) is 5.01 Å². The number of halogens is 3. The predicted molar refractivity (Wildman–Crippen MR) is 40.5 cm³/mol. The van der Waals surface area contributed by atoms with Gasteiger partial charge in [-0.05, 0) is 15.9 Å². The highest BCUT2D eigenvalue weighted by atomic mass is 79.9. The summed E-state index contributed by atoms with van der Waals surface area (Å²) >= 11 is 8.81. The molecule has 1 saturated heterocycles. The summed E-state index contributed by atoms with van der Waals surface area (Å²) in [6.07, 6.45) is 0. The molecule has 0 aromatic heterocycles. The van der Waals surface area contributed by atoms with Crippen LogP contribution in [0.3, 0.4) is 0 Å². The van der Waals surface area contributed by atoms with E-state index in [1.165, 1.54) is 0 Å². The minimum atomic E-state index is -1.13. The highest BCUT2D eigenvalue weighted by Gasteiger charge is 2.43. The van der Waals surface area contributed by atoms with Crippen molar-refractivity contribution < 1.29 is 14.3 Å². The predicted octanol–water partition coefficient (Wildman–Crippen LogP) is 1.68. The minimum Gasteiger partial charge on any atom is -0.410 e. The summed E-state index contributed by atoms with van der Waals surface area (Å²) in [5.74, 6) is -0.455. The minimum absolute atomic E-state index is 0.455. The summed E-state index contributed by atoms with van der Waals surface area (Å²) in [6, 6.07) is 0. The van der Waals surface area contributed by atoms with Gasteiger partial charge in [0.05, 0.1) is 0 Å². The summed E-state index contributed by atoms with van der Waals surface area (Å²) in [7, 11) is 0. The summed E-state index contributed by atoms with van der Waals surface area (Å²) in [6.45, 7) is 0. The molecule has 0 aromatic rings. The smallest absolute Gasteiger partial charge is 0.350 e. The van der Waals surface area contributed by atoms with E-state index in [1.807, 2.05) is 0 Å². The number of cyclic esters (lactones) is 1. The van der Waals surface area contributed by atoms with Gasteiger partial charge >= 0.3 is 9.57 Å². The van der Waals surface area contributed by atoms with E-state index in [2.05, 4.69) is 52.5 Å². The molecular weight excluding hydrogens is 324 g/mol. The number of carbonyl (C=O) groups is 1. The monoisotopic (exact) mass is 322 g/mol. The second-order valence-electron chi connectivity index (χ2n) is 1.32. The number of alkyl halides is 3. The van der Waals surface area contributed by atoms with Crippen LogP contribution in [0.4, 0.5) is 0 Å². The number of hydrogen-bond acceptors (Lipinski definition) is 3. The van der Waals surface area contributed by atoms with Crippen molar-refractivity contribution in [2.24, 2.45) is 0 Å². The Hall–Kier alpha value is 0.870. The second-order valence-corrected chi connectivity index (χ2v) is 5.30. The first kappa shape index (κ1) is 7.97. The lowest BCUT2D eigenvalue weighted by atomic mass is 10.8. The Morgan fingerprint density at radius 3 is 2.22 bits per heavy atom. The molecule has 0 N–H and O–H groups in total. The number of esters is 1. The summed E-state index contributed by atoms with van der Waals surface area (Å²) in [4.78, 5) is 10.5. The first-order valence-electron chi connectivity index (χ1n) is 1.94. The zero-order valence-electron chi connectivity index (χ0n) is 3.94. The molecule has 0 radical (unpaired) electrons. The van der Waals surface area contributed by atoms with Crippen LogP contribution in [0.15, 0.2) is 0 Å². The Balaban J connectivity index is 2.65. The van der Waals surface area contributed by atoms with Crippen LogP contribution >= 0.6 is 47.8 Å². The van der Waals surface area contributed by atoms with Gasteiger partial charge in [-0.3, -0.25) is 4.74 Å². The fourth-order valence-corrected chi connectivity index (χ4v) is 1.91. The van der Waals surface area contributed by atoms with Crippen molar-refractivity contribution in [2.75, 3.05) is 0 Å². The molecule has 0 amide bonds. The number of ether oxygens (including phenoxy) is 2. The molecule has 52 valence electrons. The lowest BCUT2D eigenvalue weighted by Gasteiger charge is -2.07. The second kappa shape index (κ2) is 2.48. The van der Waals surface area contributed by atoms with Crippen molar-refractivity contribution in [1.29, 1.82) is 0 Å². The average Bonchev–Trinajstić information content (AvgIpc) is 1.79. The molecule has 1 fully saturated rings. The molecule has 0 aliphatic carbocycles. The topological polar surface area (TPSA) is 35.5 Å². The van der Waals surface area contributed by atoms with Crippen molar-refractivity contribution in [1.82, 2.24) is 0 Å². The Morgan fingerprint density at radius 2 is 2.11 bits per heavy atom. The Bertz CT molecular complexity index is 145. The fourth-order valence-electron chi connectivity index (χ4n) is 0.356. The van der Waals surface area contributed by atoms with Crippen LogP contribution in [0.2, 0.25) is 0 Å². The maximum Gasteiger partial charge on any atom is 0.350 e. The lowest BCUT2D eigenvalue weighted by molar-refractivity contribution is -0.139. The van der Waals surface area contributed by atoms with Gasteiger partial charge < -0.3 is 4.74 Å². The Kier molecular flexibility index (Phi) is 2.20. The van der Waals surface area contributed by atoms with E-state index in [0.717, 1.165) is 0 Å². The van der Waals surface area contributed by atoms with Gasteiger partial charge in [-0.1, -0.05) is 0 Å². The van der Waals surface area contributed by atoms with E-state index >= 15 is 0 Å². The van der Waals surface area contributed by atoms with Gasteiger partial charge in [-0.15, -0.1) is 0 Å². The molecule has 0 saturated carbocycles. The molecule has 9 heavy (non-hydrogen) atoms. The van der Waals surface area contributed by atoms with Gasteiger partial charge in [0, 0.05) is 31.9 Å². The zero-order valence-corrected chi connectivity index (χ0v) is 8.69. The highest BCUT2D eigenvalue weighted by Crippen LogP contribution is 2.38. The molecule has 1 rings (SSSR count). The lowest BCUT2D eigenvalue weighted by Crippen LogP contribution is -2.10. The number of hydrogen-bond donors (Lipinski definition) is 0. The third kappa shape index (κ3) is 1.89. The highest BCUT2D eigenvalue weighted by molar-refractivity contribution is 9.25. The molecule has 1 aliphatic heterocycles. The van der Waals surface area contributed by atoms with Crippen LogP contribution in [0, 0.1) is 0 Å². The number of rotatable bonds is 0. The van der Waals surface area contributed by atoms with E-state index in [0.29, 0.717) is 0 Å². The maximum absolute atomic E-state index is 10.5. The normalized spacial score (nSPS) is 32.3. The molecule has 0 aromatic carbocycles. The Labute approximate surface area is 76.5 Å². The largest absolute Gasteiger partial charge is 0.410 e. The summed E-state index contributed by atoms with van der Waals surface area (Å²) in [5, 5.41) is -0.684. The van der Waals surface area contributed by atoms with Gasteiger partial charge in [0.25, 0.3) is 0 Å². The van der Waals surface area contributed by atoms with Gasteiger partial charge in [-0.2, -0.15) is 0 Å². The molecular formula is C3HBr3O3. The molecule has 6 heteroatoms. The zero-order chi connectivity index (χ0) is 7.07. The van der Waals surface area contributed by atoms with Gasteiger partial charge in [0.1, 0.15) is 0 Å². The molecule has 1 aliphatic rings. The van der Waals surface area contributed by atoms with Gasteiger partial charge in [-0.25, -0.2) is 4.79 Å². The van der Waals surface area contributed by atoms with Crippen LogP contribution in [0.1, 0.15) is 0 Å². The van der Waals surface area contributed by atoms with E-state index in [-0.39, 0.29) is 0 Å². The first-order valence-corrected chi connectivity index (χ1v) is 4.44. The third-order valence-electron chi connectivity index (χ3n) is 0.645. The molecule has 0 bridgehead atoms.